The van der Waals surface area contributed by atoms with Gasteiger partial charge in [-0.2, -0.15) is 26.3 Å². The van der Waals surface area contributed by atoms with Crippen molar-refractivity contribution in [1.29, 1.82) is 0 Å². The SMILES string of the molecule is O=C(COC(=O)C1CCN(c2ccc(C(F)(F)F)c[nH+]2)CC1)NCC(F)(F)F. The molecule has 0 bridgehead atoms. The molecule has 2 N–H and O–H groups in total. The summed E-state index contributed by atoms with van der Waals surface area (Å²) in [4.78, 5) is 27.5. The number of rotatable bonds is 5. The topological polar surface area (TPSA) is 72.8 Å². The maximum absolute atomic E-state index is 12.6. The Kier molecular flexibility index (Phi) is 6.73. The van der Waals surface area contributed by atoms with Crippen LogP contribution in [0.3, 0.4) is 0 Å². The van der Waals surface area contributed by atoms with Crippen LogP contribution in [0.1, 0.15) is 18.4 Å². The number of carbonyl (C=O) groups is 2. The summed E-state index contributed by atoms with van der Waals surface area (Å²) < 4.78 is 78.4. The molecule has 1 saturated heterocycles. The minimum absolute atomic E-state index is 0.331. The van der Waals surface area contributed by atoms with E-state index in [0.717, 1.165) is 12.3 Å². The molecule has 0 aliphatic carbocycles. The number of esters is 1. The highest BCUT2D eigenvalue weighted by molar-refractivity contribution is 5.81. The van der Waals surface area contributed by atoms with Crippen LogP contribution in [0.2, 0.25) is 0 Å². The standard InChI is InChI=1S/C16H17F6N3O3/c17-15(18,19)9-24-13(26)8-28-14(27)10-3-5-25(6-4-10)12-2-1-11(7-23-12)16(20,21)22/h1-2,7,10H,3-6,8-9H2,(H,24,26)/p+1. The smallest absolute Gasteiger partial charge is 0.419 e. The van der Waals surface area contributed by atoms with Crippen molar-refractivity contribution in [2.45, 2.75) is 25.2 Å². The third kappa shape index (κ3) is 6.57. The number of halogens is 6. The van der Waals surface area contributed by atoms with Crippen LogP contribution in [-0.4, -0.2) is 44.3 Å². The minimum atomic E-state index is -4.55. The predicted octanol–water partition coefficient (Wildman–Crippen LogP) is 1.96. The minimum Gasteiger partial charge on any atom is -0.455 e. The molecule has 0 radical (unpaired) electrons. The van der Waals surface area contributed by atoms with Crippen LogP contribution in [0.4, 0.5) is 32.2 Å². The van der Waals surface area contributed by atoms with Crippen LogP contribution in [0.15, 0.2) is 18.3 Å². The number of nitrogens with zero attached hydrogens (tertiary/aromatic N) is 1. The van der Waals surface area contributed by atoms with Gasteiger partial charge >= 0.3 is 18.3 Å². The summed E-state index contributed by atoms with van der Waals surface area (Å²) in [6.07, 6.45) is -7.48. The van der Waals surface area contributed by atoms with Gasteiger partial charge in [0.1, 0.15) is 12.7 Å². The zero-order valence-corrected chi connectivity index (χ0v) is 14.5. The van der Waals surface area contributed by atoms with Crippen molar-refractivity contribution in [2.75, 3.05) is 31.1 Å². The van der Waals surface area contributed by atoms with E-state index < -0.39 is 48.9 Å². The molecule has 1 amide bonds. The lowest BCUT2D eigenvalue weighted by molar-refractivity contribution is -0.367. The number of piperidine rings is 1. The fourth-order valence-electron chi connectivity index (χ4n) is 2.65. The van der Waals surface area contributed by atoms with Crippen molar-refractivity contribution in [1.82, 2.24) is 5.32 Å². The Morgan fingerprint density at radius 2 is 1.79 bits per heavy atom. The Labute approximate surface area is 155 Å². The fraction of sp³-hybridized carbons (Fsp3) is 0.562. The average molecular weight is 414 g/mol. The first-order chi connectivity index (χ1) is 13.0. The Morgan fingerprint density at radius 1 is 1.14 bits per heavy atom. The van der Waals surface area contributed by atoms with Gasteiger partial charge < -0.3 is 10.1 Å². The molecule has 6 nitrogen and oxygen atoms in total. The van der Waals surface area contributed by atoms with Gasteiger partial charge in [0, 0.05) is 6.07 Å². The third-order valence-electron chi connectivity index (χ3n) is 4.12. The van der Waals surface area contributed by atoms with Crippen LogP contribution in [0.25, 0.3) is 0 Å². The van der Waals surface area contributed by atoms with Gasteiger partial charge in [-0.15, -0.1) is 0 Å². The van der Waals surface area contributed by atoms with E-state index in [-0.39, 0.29) is 0 Å². The van der Waals surface area contributed by atoms with Gasteiger partial charge in [-0.1, -0.05) is 0 Å². The van der Waals surface area contributed by atoms with Crippen molar-refractivity contribution in [3.8, 4) is 0 Å². The molecule has 1 aromatic heterocycles. The summed E-state index contributed by atoms with van der Waals surface area (Å²) in [5, 5.41) is 1.59. The van der Waals surface area contributed by atoms with Crippen LogP contribution in [-0.2, 0) is 20.5 Å². The number of hydrogen-bond donors (Lipinski definition) is 1. The van der Waals surface area contributed by atoms with Crippen molar-refractivity contribution in [3.63, 3.8) is 0 Å². The molecule has 1 aliphatic heterocycles. The number of H-pyrrole nitrogens is 1. The molecule has 156 valence electrons. The van der Waals surface area contributed by atoms with Crippen molar-refractivity contribution in [3.05, 3.63) is 23.9 Å². The monoisotopic (exact) mass is 414 g/mol. The Hall–Kier alpha value is -2.53. The quantitative estimate of drug-likeness (QED) is 0.591. The number of pyridine rings is 1. The van der Waals surface area contributed by atoms with Crippen LogP contribution < -0.4 is 15.2 Å². The number of hydrogen-bond acceptors (Lipinski definition) is 4. The Morgan fingerprint density at radius 3 is 2.29 bits per heavy atom. The van der Waals surface area contributed by atoms with Gasteiger partial charge in [-0.25, -0.2) is 4.98 Å². The van der Waals surface area contributed by atoms with Gasteiger partial charge in [-0.3, -0.25) is 14.5 Å². The lowest BCUT2D eigenvalue weighted by Gasteiger charge is -2.26. The highest BCUT2D eigenvalue weighted by Crippen LogP contribution is 2.29. The first-order valence-electron chi connectivity index (χ1n) is 8.29. The number of ether oxygens (including phenoxy) is 1. The van der Waals surface area contributed by atoms with E-state index in [1.54, 1.807) is 10.2 Å². The maximum atomic E-state index is 12.6. The summed E-state index contributed by atoms with van der Waals surface area (Å²) in [5.41, 5.74) is -0.807. The molecule has 0 unspecified atom stereocenters. The van der Waals surface area contributed by atoms with Gasteiger partial charge in [0.05, 0.1) is 24.6 Å². The molecule has 0 aromatic carbocycles. The molecule has 1 aromatic rings. The highest BCUT2D eigenvalue weighted by Gasteiger charge is 2.34. The molecule has 0 atom stereocenters. The third-order valence-corrected chi connectivity index (χ3v) is 4.12. The normalized spacial score (nSPS) is 16.0. The molecule has 1 fully saturated rings. The highest BCUT2D eigenvalue weighted by atomic mass is 19.4. The van der Waals surface area contributed by atoms with Crippen molar-refractivity contribution >= 4 is 17.7 Å². The number of alkyl halides is 6. The molecule has 12 heteroatoms. The number of nitrogens with one attached hydrogen (secondary N) is 2. The van der Waals surface area contributed by atoms with E-state index in [2.05, 4.69) is 4.98 Å². The second kappa shape index (κ2) is 8.65. The van der Waals surface area contributed by atoms with E-state index in [9.17, 15) is 35.9 Å². The van der Waals surface area contributed by atoms with E-state index in [1.807, 2.05) is 0 Å². The maximum Gasteiger partial charge on any atom is 0.419 e. The van der Waals surface area contributed by atoms with Gasteiger partial charge in [-0.05, 0) is 18.9 Å². The van der Waals surface area contributed by atoms with Crippen molar-refractivity contribution < 1.29 is 45.7 Å². The summed E-state index contributed by atoms with van der Waals surface area (Å²) in [6.45, 7) is -1.59. The van der Waals surface area contributed by atoms with E-state index in [4.69, 9.17) is 4.74 Å². The fourth-order valence-corrected chi connectivity index (χ4v) is 2.65. The van der Waals surface area contributed by atoms with Crippen molar-refractivity contribution in [2.24, 2.45) is 5.92 Å². The van der Waals surface area contributed by atoms with Gasteiger partial charge in [0.15, 0.2) is 6.61 Å². The number of aromatic amines is 1. The van der Waals surface area contributed by atoms with Crippen LogP contribution >= 0.6 is 0 Å². The average Bonchev–Trinajstić information content (AvgIpc) is 2.63. The first kappa shape index (κ1) is 21.8. The van der Waals surface area contributed by atoms with E-state index in [0.29, 0.717) is 31.7 Å². The Bertz CT molecular complexity index is 682. The van der Waals surface area contributed by atoms with Crippen LogP contribution in [0, 0.1) is 5.92 Å². The molecule has 0 spiro atoms. The molecule has 28 heavy (non-hydrogen) atoms. The van der Waals surface area contributed by atoms with E-state index >= 15 is 0 Å². The Balaban J connectivity index is 1.77. The van der Waals surface area contributed by atoms with E-state index in [1.165, 1.54) is 6.07 Å². The zero-order valence-electron chi connectivity index (χ0n) is 14.5. The molecule has 0 saturated carbocycles. The largest absolute Gasteiger partial charge is 0.455 e. The molecule has 1 aliphatic rings. The summed E-state index contributed by atoms with van der Waals surface area (Å²) in [5.74, 6) is -1.83. The van der Waals surface area contributed by atoms with Gasteiger partial charge in [0.2, 0.25) is 0 Å². The lowest BCUT2D eigenvalue weighted by Crippen LogP contribution is -2.40. The van der Waals surface area contributed by atoms with Crippen LogP contribution in [0.5, 0.6) is 0 Å². The van der Waals surface area contributed by atoms with Gasteiger partial charge in [0.25, 0.3) is 11.7 Å². The summed E-state index contributed by atoms with van der Waals surface area (Å²) in [7, 11) is 0. The number of amides is 1. The lowest BCUT2D eigenvalue weighted by atomic mass is 9.97. The molecule has 2 heterocycles. The second-order valence-corrected chi connectivity index (χ2v) is 6.22. The second-order valence-electron chi connectivity index (χ2n) is 6.22. The first-order valence-corrected chi connectivity index (χ1v) is 8.29. The number of anilines is 1. The molecular formula is C16H18F6N3O3+. The molecular weight excluding hydrogens is 396 g/mol. The summed E-state index contributed by atoms with van der Waals surface area (Å²) >= 11 is 0. The summed E-state index contributed by atoms with van der Waals surface area (Å²) in [6, 6.07) is 2.25. The predicted molar refractivity (Wildman–Crippen MR) is 83.0 cm³/mol. The molecule has 2 rings (SSSR count). The zero-order chi connectivity index (χ0) is 20.9. The number of aromatic nitrogens is 1. The number of carbonyl (C=O) groups excluding carboxylic acids is 2.